The van der Waals surface area contributed by atoms with Crippen molar-refractivity contribution in [3.63, 3.8) is 0 Å². The maximum absolute atomic E-state index is 5.69. The summed E-state index contributed by atoms with van der Waals surface area (Å²) in [6.45, 7) is 0. The number of rotatable bonds is 1. The van der Waals surface area contributed by atoms with E-state index in [1.807, 2.05) is 24.3 Å². The van der Waals surface area contributed by atoms with E-state index >= 15 is 0 Å². The van der Waals surface area contributed by atoms with Gasteiger partial charge in [-0.3, -0.25) is 9.97 Å². The van der Waals surface area contributed by atoms with Crippen LogP contribution in [0.1, 0.15) is 0 Å². The van der Waals surface area contributed by atoms with E-state index in [-0.39, 0.29) is 5.95 Å². The number of nitrogens with two attached hydrogens (primary N) is 1. The van der Waals surface area contributed by atoms with Crippen LogP contribution in [0, 0.1) is 0 Å². The lowest BCUT2D eigenvalue weighted by Gasteiger charge is -2.05. The van der Waals surface area contributed by atoms with Crippen molar-refractivity contribution in [2.75, 3.05) is 5.73 Å². The van der Waals surface area contributed by atoms with Crippen molar-refractivity contribution in [3.05, 3.63) is 42.9 Å². The van der Waals surface area contributed by atoms with Gasteiger partial charge in [-0.05, 0) is 6.07 Å². The Morgan fingerprint density at radius 1 is 1.00 bits per heavy atom. The zero-order valence-corrected chi connectivity index (χ0v) is 8.91. The zero-order valence-electron chi connectivity index (χ0n) is 8.91. The quantitative estimate of drug-likeness (QED) is 0.679. The molecule has 0 saturated heterocycles. The van der Waals surface area contributed by atoms with Gasteiger partial charge < -0.3 is 5.73 Å². The monoisotopic (exact) mass is 223 g/mol. The molecule has 0 atom stereocenters. The van der Waals surface area contributed by atoms with Gasteiger partial charge >= 0.3 is 0 Å². The number of para-hydroxylation sites is 1. The lowest BCUT2D eigenvalue weighted by atomic mass is 10.1. The molecule has 0 spiro atoms. The van der Waals surface area contributed by atoms with E-state index < -0.39 is 0 Å². The Bertz CT molecular complexity index is 666. The first-order valence-electron chi connectivity index (χ1n) is 5.13. The third kappa shape index (κ3) is 1.67. The highest BCUT2D eigenvalue weighted by atomic mass is 15.0. The fraction of sp³-hybridized carbons (Fsp3) is 0. The minimum Gasteiger partial charge on any atom is -0.368 e. The minimum atomic E-state index is 0.240. The minimum absolute atomic E-state index is 0.240. The maximum Gasteiger partial charge on any atom is 0.221 e. The first kappa shape index (κ1) is 9.65. The average molecular weight is 223 g/mol. The van der Waals surface area contributed by atoms with E-state index in [4.69, 9.17) is 5.73 Å². The summed E-state index contributed by atoms with van der Waals surface area (Å²) in [4.78, 5) is 16.7. The van der Waals surface area contributed by atoms with Crippen molar-refractivity contribution in [3.8, 4) is 11.4 Å². The molecule has 82 valence electrons. The van der Waals surface area contributed by atoms with Gasteiger partial charge in [-0.2, -0.15) is 0 Å². The molecule has 0 saturated carbocycles. The van der Waals surface area contributed by atoms with Crippen molar-refractivity contribution in [2.45, 2.75) is 0 Å². The van der Waals surface area contributed by atoms with Gasteiger partial charge in [0.05, 0.1) is 11.7 Å². The molecule has 3 rings (SSSR count). The molecule has 5 heteroatoms. The largest absolute Gasteiger partial charge is 0.368 e. The molecule has 0 aliphatic heterocycles. The molecule has 0 radical (unpaired) electrons. The van der Waals surface area contributed by atoms with Crippen LogP contribution in [0.5, 0.6) is 0 Å². The van der Waals surface area contributed by atoms with E-state index in [9.17, 15) is 0 Å². The molecule has 0 aliphatic carbocycles. The van der Waals surface area contributed by atoms with Crippen LogP contribution in [-0.2, 0) is 0 Å². The molecule has 5 nitrogen and oxygen atoms in total. The van der Waals surface area contributed by atoms with Gasteiger partial charge in [0.2, 0.25) is 5.95 Å². The number of anilines is 1. The summed E-state index contributed by atoms with van der Waals surface area (Å²) in [6, 6.07) is 7.68. The van der Waals surface area contributed by atoms with Gasteiger partial charge in [-0.15, -0.1) is 0 Å². The van der Waals surface area contributed by atoms with Crippen LogP contribution in [0.2, 0.25) is 0 Å². The highest BCUT2D eigenvalue weighted by Crippen LogP contribution is 2.24. The fourth-order valence-electron chi connectivity index (χ4n) is 1.71. The van der Waals surface area contributed by atoms with Crippen LogP contribution >= 0.6 is 0 Å². The SMILES string of the molecule is Nc1nc(-c2cnccn2)c2ccccc2n1. The van der Waals surface area contributed by atoms with Crippen LogP contribution in [0.3, 0.4) is 0 Å². The molecular formula is C12H9N5. The molecule has 1 aromatic carbocycles. The fourth-order valence-corrected chi connectivity index (χ4v) is 1.71. The Kier molecular flexibility index (Phi) is 2.15. The smallest absolute Gasteiger partial charge is 0.221 e. The predicted molar refractivity (Wildman–Crippen MR) is 65.0 cm³/mol. The summed E-state index contributed by atoms with van der Waals surface area (Å²) in [5.74, 6) is 0.240. The topological polar surface area (TPSA) is 77.6 Å². The maximum atomic E-state index is 5.69. The summed E-state index contributed by atoms with van der Waals surface area (Å²) >= 11 is 0. The number of nitrogen functional groups attached to an aromatic ring is 1. The Morgan fingerprint density at radius 3 is 2.71 bits per heavy atom. The number of benzene rings is 1. The van der Waals surface area contributed by atoms with Crippen molar-refractivity contribution in [2.24, 2.45) is 0 Å². The number of fused-ring (bicyclic) bond motifs is 1. The van der Waals surface area contributed by atoms with Crippen LogP contribution in [0.25, 0.3) is 22.3 Å². The van der Waals surface area contributed by atoms with Gasteiger partial charge in [-0.25, -0.2) is 9.97 Å². The van der Waals surface area contributed by atoms with Gasteiger partial charge in [0.25, 0.3) is 0 Å². The third-order valence-corrected chi connectivity index (χ3v) is 2.43. The van der Waals surface area contributed by atoms with E-state index in [2.05, 4.69) is 19.9 Å². The molecule has 2 heterocycles. The van der Waals surface area contributed by atoms with Crippen molar-refractivity contribution in [1.29, 1.82) is 0 Å². The van der Waals surface area contributed by atoms with E-state index in [0.29, 0.717) is 11.4 Å². The highest BCUT2D eigenvalue weighted by molar-refractivity contribution is 5.91. The Morgan fingerprint density at radius 2 is 1.88 bits per heavy atom. The zero-order chi connectivity index (χ0) is 11.7. The van der Waals surface area contributed by atoms with Crippen molar-refractivity contribution in [1.82, 2.24) is 19.9 Å². The molecule has 0 bridgehead atoms. The standard InChI is InChI=1S/C12H9N5/c13-12-16-9-4-2-1-3-8(9)11(17-12)10-7-14-5-6-15-10/h1-7H,(H2,13,16,17). The van der Waals surface area contributed by atoms with Crippen LogP contribution < -0.4 is 5.73 Å². The molecule has 0 aliphatic rings. The molecule has 3 aromatic rings. The second-order valence-electron chi connectivity index (χ2n) is 3.54. The van der Waals surface area contributed by atoms with Crippen molar-refractivity contribution >= 4 is 16.9 Å². The summed E-state index contributed by atoms with van der Waals surface area (Å²) in [6.07, 6.45) is 4.91. The molecule has 2 aromatic heterocycles. The molecule has 0 fully saturated rings. The van der Waals surface area contributed by atoms with Crippen LogP contribution in [-0.4, -0.2) is 19.9 Å². The van der Waals surface area contributed by atoms with Gasteiger partial charge in [0.15, 0.2) is 0 Å². The Balaban J connectivity index is 2.36. The van der Waals surface area contributed by atoms with Crippen LogP contribution in [0.15, 0.2) is 42.9 Å². The molecule has 0 unspecified atom stereocenters. The van der Waals surface area contributed by atoms with Gasteiger partial charge in [0, 0.05) is 17.8 Å². The third-order valence-electron chi connectivity index (χ3n) is 2.43. The number of nitrogens with zero attached hydrogens (tertiary/aromatic N) is 4. The van der Waals surface area contributed by atoms with E-state index in [1.165, 1.54) is 0 Å². The normalized spacial score (nSPS) is 10.6. The lowest BCUT2D eigenvalue weighted by molar-refractivity contribution is 1.17. The number of hydrogen-bond donors (Lipinski definition) is 1. The predicted octanol–water partition coefficient (Wildman–Crippen LogP) is 1.67. The number of hydrogen-bond acceptors (Lipinski definition) is 5. The van der Waals surface area contributed by atoms with Gasteiger partial charge in [-0.1, -0.05) is 18.2 Å². The summed E-state index contributed by atoms with van der Waals surface area (Å²) in [5, 5.41) is 0.919. The van der Waals surface area contributed by atoms with Gasteiger partial charge in [0.1, 0.15) is 11.4 Å². The Labute approximate surface area is 97.4 Å². The van der Waals surface area contributed by atoms with E-state index in [1.54, 1.807) is 18.6 Å². The highest BCUT2D eigenvalue weighted by Gasteiger charge is 2.08. The number of aromatic nitrogens is 4. The first-order valence-corrected chi connectivity index (χ1v) is 5.13. The molecule has 0 amide bonds. The average Bonchev–Trinajstić information content (AvgIpc) is 2.39. The molecule has 2 N–H and O–H groups in total. The molecular weight excluding hydrogens is 214 g/mol. The summed E-state index contributed by atoms with van der Waals surface area (Å²) in [5.41, 5.74) is 7.90. The lowest BCUT2D eigenvalue weighted by Crippen LogP contribution is -1.99. The Hall–Kier alpha value is -2.56. The van der Waals surface area contributed by atoms with E-state index in [0.717, 1.165) is 10.9 Å². The van der Waals surface area contributed by atoms with Crippen molar-refractivity contribution < 1.29 is 0 Å². The summed E-state index contributed by atoms with van der Waals surface area (Å²) < 4.78 is 0. The second-order valence-corrected chi connectivity index (χ2v) is 3.54. The summed E-state index contributed by atoms with van der Waals surface area (Å²) in [7, 11) is 0. The van der Waals surface area contributed by atoms with Crippen LogP contribution in [0.4, 0.5) is 5.95 Å². The second kappa shape index (κ2) is 3.79. The first-order chi connectivity index (χ1) is 8.34. The molecule has 17 heavy (non-hydrogen) atoms.